The second kappa shape index (κ2) is 7.30. The first-order chi connectivity index (χ1) is 13.8. The number of carbonyl (C=O) groups excluding carboxylic acids is 1. The molecule has 2 heterocycles. The van der Waals surface area contributed by atoms with E-state index in [1.165, 1.54) is 19.1 Å². The van der Waals surface area contributed by atoms with E-state index in [9.17, 15) is 26.4 Å². The van der Waals surface area contributed by atoms with Crippen molar-refractivity contribution in [3.63, 3.8) is 0 Å². The molecule has 7 nitrogen and oxygen atoms in total. The van der Waals surface area contributed by atoms with Gasteiger partial charge in [0.1, 0.15) is 5.69 Å². The molecule has 0 unspecified atom stereocenters. The molecule has 0 fully saturated rings. The molecule has 1 N–H and O–H groups in total. The Bertz CT molecular complexity index is 1340. The summed E-state index contributed by atoms with van der Waals surface area (Å²) < 4.78 is 66.8. The van der Waals surface area contributed by atoms with Gasteiger partial charge in [0.15, 0.2) is 5.65 Å². The van der Waals surface area contributed by atoms with Gasteiger partial charge in [0, 0.05) is 12.4 Å². The van der Waals surface area contributed by atoms with Crippen LogP contribution in [0.2, 0.25) is 5.02 Å². The Morgan fingerprint density at radius 2 is 1.87 bits per heavy atom. The average Bonchev–Trinajstić information content (AvgIpc) is 3.07. The van der Waals surface area contributed by atoms with Gasteiger partial charge >= 0.3 is 6.18 Å². The molecule has 0 radical (unpaired) electrons. The summed E-state index contributed by atoms with van der Waals surface area (Å²) in [6.45, 7) is 3.00. The number of aryl methyl sites for hydroxylation is 2. The van der Waals surface area contributed by atoms with E-state index >= 15 is 0 Å². The van der Waals surface area contributed by atoms with Crippen molar-refractivity contribution >= 4 is 33.2 Å². The first-order valence-electron chi connectivity index (χ1n) is 8.17. The van der Waals surface area contributed by atoms with E-state index < -0.39 is 33.4 Å². The van der Waals surface area contributed by atoms with Gasteiger partial charge in [-0.25, -0.2) is 18.1 Å². The van der Waals surface area contributed by atoms with Crippen molar-refractivity contribution in [3.05, 3.63) is 63.6 Å². The smallest absolute Gasteiger partial charge is 0.304 e. The number of nitrogens with zero attached hydrogens (tertiary/aromatic N) is 3. The van der Waals surface area contributed by atoms with Crippen LogP contribution in [0.3, 0.4) is 0 Å². The van der Waals surface area contributed by atoms with Gasteiger partial charge in [-0.15, -0.1) is 0 Å². The minimum absolute atomic E-state index is 0.141. The van der Waals surface area contributed by atoms with Crippen LogP contribution in [-0.4, -0.2) is 23.7 Å². The number of hydrogen-bond acceptors (Lipinski definition) is 5. The van der Waals surface area contributed by atoms with E-state index in [2.05, 4.69) is 4.98 Å². The molecular weight excluding hydrogens is 445 g/mol. The molecule has 0 atom stereocenters. The molecule has 156 valence electrons. The van der Waals surface area contributed by atoms with Crippen molar-refractivity contribution < 1.29 is 26.4 Å². The summed E-state index contributed by atoms with van der Waals surface area (Å²) in [7, 11) is -4.34. The lowest BCUT2D eigenvalue weighted by Gasteiger charge is -2.10. The quantitative estimate of drug-likeness (QED) is 0.648. The Balaban J connectivity index is 1.98. The number of rotatable bonds is 3. The van der Waals surface area contributed by atoms with Crippen molar-refractivity contribution in [1.82, 2.24) is 14.1 Å². The zero-order valence-electron chi connectivity index (χ0n) is 15.4. The molecule has 2 aromatic heterocycles. The van der Waals surface area contributed by atoms with Gasteiger partial charge in [-0.3, -0.25) is 4.79 Å². The molecule has 0 aliphatic carbocycles. The molecule has 0 saturated carbocycles. The average molecular weight is 457 g/mol. The fourth-order valence-electron chi connectivity index (χ4n) is 2.75. The first kappa shape index (κ1) is 21.6. The van der Waals surface area contributed by atoms with Gasteiger partial charge < -0.3 is 4.40 Å². The van der Waals surface area contributed by atoms with E-state index in [0.29, 0.717) is 17.8 Å². The van der Waals surface area contributed by atoms with E-state index in [0.717, 1.165) is 10.6 Å². The molecule has 3 rings (SSSR count). The summed E-state index contributed by atoms with van der Waals surface area (Å²) in [6, 6.07) is 5.21. The second-order valence-corrected chi connectivity index (χ2v) is 8.47. The summed E-state index contributed by atoms with van der Waals surface area (Å²) in [5.74, 6) is -1.15. The minimum Gasteiger partial charge on any atom is -0.304 e. The summed E-state index contributed by atoms with van der Waals surface area (Å²) in [4.78, 5) is 16.0. The van der Waals surface area contributed by atoms with Crippen LogP contribution in [0.1, 0.15) is 32.7 Å². The monoisotopic (exact) mass is 456 g/mol. The number of imidazole rings is 1. The first-order valence-corrected chi connectivity index (χ1v) is 10.0. The van der Waals surface area contributed by atoms with Crippen LogP contribution in [0.4, 0.5) is 13.2 Å². The summed E-state index contributed by atoms with van der Waals surface area (Å²) >= 11 is 5.82. The lowest BCUT2D eigenvalue weighted by atomic mass is 10.1. The maximum atomic E-state index is 12.9. The largest absolute Gasteiger partial charge is 0.417 e. The fourth-order valence-corrected chi connectivity index (χ4v) is 4.28. The lowest BCUT2D eigenvalue weighted by Crippen LogP contribution is -2.31. The number of benzene rings is 1. The van der Waals surface area contributed by atoms with Crippen molar-refractivity contribution in [1.29, 1.82) is 5.26 Å². The van der Waals surface area contributed by atoms with E-state index in [1.54, 1.807) is 6.92 Å². The van der Waals surface area contributed by atoms with Crippen molar-refractivity contribution in [2.24, 2.45) is 0 Å². The molecule has 0 spiro atoms. The Hall–Kier alpha value is -3.10. The predicted octanol–water partition coefficient (Wildman–Crippen LogP) is 3.61. The number of nitrogens with one attached hydrogen (secondary N) is 1. The molecule has 1 aromatic carbocycles. The molecule has 12 heteroatoms. The third-order valence-corrected chi connectivity index (χ3v) is 5.98. The fraction of sp³-hybridized carbons (Fsp3) is 0.167. The third-order valence-electron chi connectivity index (χ3n) is 4.23. The van der Waals surface area contributed by atoms with Crippen LogP contribution in [0.15, 0.2) is 35.5 Å². The third kappa shape index (κ3) is 3.96. The highest BCUT2D eigenvalue weighted by atomic mass is 35.5. The molecule has 0 aliphatic heterocycles. The van der Waals surface area contributed by atoms with E-state index in [1.807, 2.05) is 10.8 Å². The Morgan fingerprint density at radius 1 is 1.20 bits per heavy atom. The SMILES string of the molecule is Cc1cc(S(=O)(=O)NC(=O)c2cn3cc(C(F)(F)F)cc(Cl)c3n2)c(C)cc1C#N. The number of fused-ring (bicyclic) bond motifs is 1. The van der Waals surface area contributed by atoms with Crippen LogP contribution in [0.5, 0.6) is 0 Å². The highest BCUT2D eigenvalue weighted by Crippen LogP contribution is 2.32. The van der Waals surface area contributed by atoms with Gasteiger partial charge in [-0.05, 0) is 43.2 Å². The summed E-state index contributed by atoms with van der Waals surface area (Å²) in [5.41, 5.74) is -0.713. The summed E-state index contributed by atoms with van der Waals surface area (Å²) in [6.07, 6.45) is -3.04. The number of sulfonamides is 1. The molecule has 0 saturated heterocycles. The van der Waals surface area contributed by atoms with Gasteiger partial charge in [0.05, 0.1) is 27.1 Å². The molecule has 3 aromatic rings. The van der Waals surface area contributed by atoms with Crippen molar-refractivity contribution in [2.75, 3.05) is 0 Å². The number of alkyl halides is 3. The van der Waals surface area contributed by atoms with Gasteiger partial charge in [-0.2, -0.15) is 18.4 Å². The highest BCUT2D eigenvalue weighted by molar-refractivity contribution is 7.90. The number of aromatic nitrogens is 2. The number of hydrogen-bond donors (Lipinski definition) is 1. The Labute approximate surface area is 173 Å². The van der Waals surface area contributed by atoms with E-state index in [-0.39, 0.29) is 26.7 Å². The lowest BCUT2D eigenvalue weighted by molar-refractivity contribution is -0.137. The summed E-state index contributed by atoms with van der Waals surface area (Å²) in [5, 5.41) is 8.67. The molecular formula is C18H12ClF3N4O3S. The standard InChI is InChI=1S/C18H12ClF3N4O3S/c1-9-4-15(10(2)3-11(9)6-23)30(28,29)25-17(27)14-8-26-7-12(18(20,21)22)5-13(19)16(26)24-14/h3-5,7-8H,1-2H3,(H,25,27). The van der Waals surface area contributed by atoms with Crippen LogP contribution in [-0.2, 0) is 16.2 Å². The number of nitriles is 1. The second-order valence-electron chi connectivity index (χ2n) is 6.41. The molecule has 30 heavy (non-hydrogen) atoms. The van der Waals surface area contributed by atoms with Crippen LogP contribution < -0.4 is 4.72 Å². The van der Waals surface area contributed by atoms with Gasteiger partial charge in [-0.1, -0.05) is 11.6 Å². The normalized spacial score (nSPS) is 12.0. The number of amides is 1. The van der Waals surface area contributed by atoms with Crippen molar-refractivity contribution in [3.8, 4) is 6.07 Å². The molecule has 0 aliphatic rings. The zero-order chi connectivity index (χ0) is 22.4. The van der Waals surface area contributed by atoms with Crippen LogP contribution in [0.25, 0.3) is 5.65 Å². The van der Waals surface area contributed by atoms with Crippen LogP contribution in [0, 0.1) is 25.2 Å². The number of halogens is 4. The predicted molar refractivity (Wildman–Crippen MR) is 100 cm³/mol. The molecule has 0 bridgehead atoms. The van der Waals surface area contributed by atoms with Gasteiger partial charge in [0.2, 0.25) is 0 Å². The minimum atomic E-state index is -4.67. The maximum absolute atomic E-state index is 12.9. The number of pyridine rings is 1. The zero-order valence-corrected chi connectivity index (χ0v) is 16.9. The Kier molecular flexibility index (Phi) is 5.26. The van der Waals surface area contributed by atoms with Crippen molar-refractivity contribution in [2.45, 2.75) is 24.9 Å². The van der Waals surface area contributed by atoms with E-state index in [4.69, 9.17) is 16.9 Å². The molecule has 1 amide bonds. The van der Waals surface area contributed by atoms with Gasteiger partial charge in [0.25, 0.3) is 15.9 Å². The topological polar surface area (TPSA) is 104 Å². The highest BCUT2D eigenvalue weighted by Gasteiger charge is 2.32. The van der Waals surface area contributed by atoms with Crippen LogP contribution >= 0.6 is 11.6 Å². The number of carbonyl (C=O) groups is 1. The maximum Gasteiger partial charge on any atom is 0.417 e. The Morgan fingerprint density at radius 3 is 2.47 bits per heavy atom.